The summed E-state index contributed by atoms with van der Waals surface area (Å²) in [5.74, 6) is 0. The van der Waals surface area contributed by atoms with E-state index in [1.807, 2.05) is 17.9 Å². The van der Waals surface area contributed by atoms with Crippen LogP contribution in [0.5, 0.6) is 0 Å². The molecule has 0 amide bonds. The first-order chi connectivity index (χ1) is 8.66. The van der Waals surface area contributed by atoms with Crippen LogP contribution in [0.15, 0.2) is 24.5 Å². The molecule has 3 N–H and O–H groups in total. The molecular weight excluding hydrogens is 226 g/mol. The van der Waals surface area contributed by atoms with Crippen LogP contribution in [0.3, 0.4) is 0 Å². The minimum absolute atomic E-state index is 0.0948. The van der Waals surface area contributed by atoms with E-state index in [9.17, 15) is 5.11 Å². The molecule has 18 heavy (non-hydrogen) atoms. The summed E-state index contributed by atoms with van der Waals surface area (Å²) in [6, 6.07) is 6.07. The molecule has 1 aliphatic rings. The van der Waals surface area contributed by atoms with Crippen LogP contribution in [-0.2, 0) is 7.05 Å². The number of nitrogens with two attached hydrogens (primary N) is 1. The lowest BCUT2D eigenvalue weighted by Gasteiger charge is -2.45. The first-order valence-electron chi connectivity index (χ1n) is 6.44. The molecule has 1 aliphatic carbocycles. The molecule has 3 rings (SSSR count). The summed E-state index contributed by atoms with van der Waals surface area (Å²) in [7, 11) is 1.98. The number of aryl methyl sites for hydroxylation is 1. The van der Waals surface area contributed by atoms with Crippen LogP contribution in [0.1, 0.15) is 30.9 Å². The van der Waals surface area contributed by atoms with Crippen molar-refractivity contribution in [2.75, 3.05) is 6.61 Å². The molecule has 0 radical (unpaired) electrons. The number of hydrogen-bond donors (Lipinski definition) is 2. The highest BCUT2D eigenvalue weighted by Crippen LogP contribution is 2.48. The van der Waals surface area contributed by atoms with E-state index in [0.29, 0.717) is 0 Å². The summed E-state index contributed by atoms with van der Waals surface area (Å²) in [6.45, 7) is 0.175. The molecule has 4 nitrogen and oxygen atoms in total. The van der Waals surface area contributed by atoms with Crippen LogP contribution in [0, 0.1) is 5.41 Å². The zero-order valence-electron chi connectivity index (χ0n) is 10.6. The molecule has 0 bridgehead atoms. The Bertz CT molecular complexity index is 566. The minimum Gasteiger partial charge on any atom is -0.396 e. The second-order valence-electron chi connectivity index (χ2n) is 5.46. The number of aliphatic hydroxyl groups is 1. The van der Waals surface area contributed by atoms with Crippen LogP contribution in [0.4, 0.5) is 0 Å². The highest BCUT2D eigenvalue weighted by Gasteiger charge is 2.42. The third kappa shape index (κ3) is 1.56. The summed E-state index contributed by atoms with van der Waals surface area (Å²) in [5, 5.41) is 9.59. The Labute approximate surface area is 106 Å². The number of rotatable bonds is 3. The van der Waals surface area contributed by atoms with E-state index in [0.717, 1.165) is 29.4 Å². The predicted octanol–water partition coefficient (Wildman–Crippen LogP) is 1.74. The fourth-order valence-corrected chi connectivity index (χ4v) is 2.90. The Morgan fingerprint density at radius 3 is 2.89 bits per heavy atom. The summed E-state index contributed by atoms with van der Waals surface area (Å²) < 4.78 is 2.00. The Hall–Kier alpha value is -1.39. The van der Waals surface area contributed by atoms with Crippen molar-refractivity contribution in [3.8, 4) is 0 Å². The maximum Gasteiger partial charge on any atom is 0.0955 e. The van der Waals surface area contributed by atoms with Gasteiger partial charge in [-0.15, -0.1) is 0 Å². The monoisotopic (exact) mass is 245 g/mol. The number of nitrogens with zero attached hydrogens (tertiary/aromatic N) is 2. The lowest BCUT2D eigenvalue weighted by Crippen LogP contribution is -2.43. The van der Waals surface area contributed by atoms with Crippen LogP contribution >= 0.6 is 0 Å². The molecule has 1 heterocycles. The number of fused-ring (bicyclic) bond motifs is 1. The lowest BCUT2D eigenvalue weighted by molar-refractivity contribution is 0.0184. The second kappa shape index (κ2) is 4.07. The molecule has 1 fully saturated rings. The van der Waals surface area contributed by atoms with Gasteiger partial charge in [-0.3, -0.25) is 0 Å². The number of benzene rings is 1. The first-order valence-corrected chi connectivity index (χ1v) is 6.44. The maximum absolute atomic E-state index is 9.59. The van der Waals surface area contributed by atoms with E-state index < -0.39 is 0 Å². The van der Waals surface area contributed by atoms with Crippen molar-refractivity contribution in [3.63, 3.8) is 0 Å². The third-order valence-electron chi connectivity index (χ3n) is 4.43. The van der Waals surface area contributed by atoms with Crippen molar-refractivity contribution in [2.45, 2.75) is 25.3 Å². The fraction of sp³-hybridized carbons (Fsp3) is 0.500. The van der Waals surface area contributed by atoms with E-state index in [1.54, 1.807) is 0 Å². The van der Waals surface area contributed by atoms with Crippen LogP contribution in [-0.4, -0.2) is 21.3 Å². The number of aliphatic hydroxyl groups excluding tert-OH is 1. The zero-order chi connectivity index (χ0) is 12.8. The van der Waals surface area contributed by atoms with E-state index in [4.69, 9.17) is 5.73 Å². The Kier molecular flexibility index (Phi) is 2.64. The average Bonchev–Trinajstić information content (AvgIpc) is 2.70. The van der Waals surface area contributed by atoms with Crippen LogP contribution in [0.25, 0.3) is 11.0 Å². The third-order valence-corrected chi connectivity index (χ3v) is 4.43. The van der Waals surface area contributed by atoms with Crippen LogP contribution < -0.4 is 5.73 Å². The SMILES string of the molecule is Cn1cnc2cc(C(N)C3(CO)CCC3)ccc21. The Morgan fingerprint density at radius 1 is 1.50 bits per heavy atom. The molecule has 1 saturated carbocycles. The van der Waals surface area contributed by atoms with Crippen molar-refractivity contribution in [1.82, 2.24) is 9.55 Å². The quantitative estimate of drug-likeness (QED) is 0.865. The van der Waals surface area contributed by atoms with Gasteiger partial charge in [0.1, 0.15) is 0 Å². The minimum atomic E-state index is -0.109. The van der Waals surface area contributed by atoms with Gasteiger partial charge in [0, 0.05) is 18.5 Å². The molecule has 96 valence electrons. The van der Waals surface area contributed by atoms with E-state index in [2.05, 4.69) is 23.2 Å². The molecule has 0 spiro atoms. The lowest BCUT2D eigenvalue weighted by atomic mass is 9.63. The van der Waals surface area contributed by atoms with Gasteiger partial charge in [-0.25, -0.2) is 4.98 Å². The normalized spacial score (nSPS) is 19.7. The topological polar surface area (TPSA) is 64.1 Å². The molecule has 1 aromatic carbocycles. The van der Waals surface area contributed by atoms with Crippen molar-refractivity contribution >= 4 is 11.0 Å². The highest BCUT2D eigenvalue weighted by molar-refractivity contribution is 5.76. The Morgan fingerprint density at radius 2 is 2.28 bits per heavy atom. The van der Waals surface area contributed by atoms with Gasteiger partial charge in [-0.1, -0.05) is 12.5 Å². The largest absolute Gasteiger partial charge is 0.396 e. The van der Waals surface area contributed by atoms with E-state index >= 15 is 0 Å². The van der Waals surface area contributed by atoms with E-state index in [1.165, 1.54) is 6.42 Å². The molecule has 2 aromatic rings. The highest BCUT2D eigenvalue weighted by atomic mass is 16.3. The van der Waals surface area contributed by atoms with Crippen LogP contribution in [0.2, 0.25) is 0 Å². The van der Waals surface area contributed by atoms with Crippen molar-refractivity contribution in [1.29, 1.82) is 0 Å². The molecular formula is C14H19N3O. The van der Waals surface area contributed by atoms with Gasteiger partial charge < -0.3 is 15.4 Å². The van der Waals surface area contributed by atoms with Crippen molar-refractivity contribution < 1.29 is 5.11 Å². The molecule has 0 saturated heterocycles. The molecule has 1 aromatic heterocycles. The molecule has 4 heteroatoms. The van der Waals surface area contributed by atoms with Gasteiger partial charge in [-0.05, 0) is 30.5 Å². The molecule has 1 unspecified atom stereocenters. The Balaban J connectivity index is 1.98. The van der Waals surface area contributed by atoms with Crippen molar-refractivity contribution in [2.24, 2.45) is 18.2 Å². The van der Waals surface area contributed by atoms with Gasteiger partial charge in [-0.2, -0.15) is 0 Å². The smallest absolute Gasteiger partial charge is 0.0955 e. The number of aromatic nitrogens is 2. The first kappa shape index (κ1) is 11.7. The number of imidazole rings is 1. The summed E-state index contributed by atoms with van der Waals surface area (Å²) >= 11 is 0. The predicted molar refractivity (Wildman–Crippen MR) is 71.0 cm³/mol. The van der Waals surface area contributed by atoms with Gasteiger partial charge in [0.15, 0.2) is 0 Å². The summed E-state index contributed by atoms with van der Waals surface area (Å²) in [4.78, 5) is 4.36. The fourth-order valence-electron chi connectivity index (χ4n) is 2.90. The van der Waals surface area contributed by atoms with Gasteiger partial charge in [0.05, 0.1) is 24.0 Å². The number of hydrogen-bond acceptors (Lipinski definition) is 3. The molecule has 0 aliphatic heterocycles. The van der Waals surface area contributed by atoms with Gasteiger partial charge in [0.2, 0.25) is 0 Å². The maximum atomic E-state index is 9.59. The molecule has 1 atom stereocenters. The van der Waals surface area contributed by atoms with Crippen molar-refractivity contribution in [3.05, 3.63) is 30.1 Å². The standard InChI is InChI=1S/C14H19N3O/c1-17-9-16-11-7-10(3-4-12(11)17)13(15)14(8-18)5-2-6-14/h3-4,7,9,13,18H,2,5-6,8,15H2,1H3. The van der Waals surface area contributed by atoms with Gasteiger partial charge >= 0.3 is 0 Å². The van der Waals surface area contributed by atoms with E-state index in [-0.39, 0.29) is 18.1 Å². The van der Waals surface area contributed by atoms with Gasteiger partial charge in [0.25, 0.3) is 0 Å². The summed E-state index contributed by atoms with van der Waals surface area (Å²) in [5.41, 5.74) is 9.40. The summed E-state index contributed by atoms with van der Waals surface area (Å²) in [6.07, 6.45) is 5.01. The average molecular weight is 245 g/mol. The second-order valence-corrected chi connectivity index (χ2v) is 5.46. The zero-order valence-corrected chi connectivity index (χ0v) is 10.6.